The first-order valence-electron chi connectivity index (χ1n) is 8.42. The number of carboxylic acids is 1. The van der Waals surface area contributed by atoms with Crippen molar-refractivity contribution in [3.63, 3.8) is 0 Å². The number of carbonyl (C=O) groups is 2. The van der Waals surface area contributed by atoms with Crippen LogP contribution >= 0.6 is 11.6 Å². The number of carbonyl (C=O) groups excluding carboxylic acids is 1. The largest absolute Gasteiger partial charge is 0.480 e. The van der Waals surface area contributed by atoms with Crippen LogP contribution in [-0.2, 0) is 16.0 Å². The minimum Gasteiger partial charge on any atom is -0.480 e. The van der Waals surface area contributed by atoms with Crippen LogP contribution in [0.3, 0.4) is 0 Å². The van der Waals surface area contributed by atoms with Crippen molar-refractivity contribution in [2.45, 2.75) is 24.9 Å². The van der Waals surface area contributed by atoms with Crippen molar-refractivity contribution >= 4 is 23.5 Å². The molecule has 1 amide bonds. The number of aromatic amines is 1. The fraction of sp³-hybridized carbons (Fsp3) is 0.389. The average Bonchev–Trinajstić information content (AvgIpc) is 3.22. The quantitative estimate of drug-likeness (QED) is 0.714. The highest BCUT2D eigenvalue weighted by atomic mass is 35.5. The number of likely N-dealkylation sites (N-methyl/N-ethyl adjacent to an activating group) is 1. The normalized spacial score (nSPS) is 23.1. The predicted molar refractivity (Wildman–Crippen MR) is 96.8 cm³/mol. The first kappa shape index (κ1) is 18.4. The van der Waals surface area contributed by atoms with Gasteiger partial charge in [-0.3, -0.25) is 14.5 Å². The fourth-order valence-corrected chi connectivity index (χ4v) is 3.77. The van der Waals surface area contributed by atoms with Gasteiger partial charge in [0.15, 0.2) is 0 Å². The molecule has 3 rings (SSSR count). The lowest BCUT2D eigenvalue weighted by molar-refractivity contribution is -0.142. The third-order valence-corrected chi connectivity index (χ3v) is 5.08. The van der Waals surface area contributed by atoms with E-state index >= 15 is 0 Å². The highest BCUT2D eigenvalue weighted by Crippen LogP contribution is 2.40. The molecule has 3 atom stereocenters. The Bertz CT molecular complexity index is 781. The third kappa shape index (κ3) is 3.89. The van der Waals surface area contributed by atoms with Crippen molar-refractivity contribution in [3.8, 4) is 0 Å². The van der Waals surface area contributed by atoms with E-state index < -0.39 is 17.9 Å². The summed E-state index contributed by atoms with van der Waals surface area (Å²) in [6.07, 6.45) is 4.21. The van der Waals surface area contributed by atoms with Crippen LogP contribution in [0.25, 0.3) is 0 Å². The van der Waals surface area contributed by atoms with Gasteiger partial charge in [0, 0.05) is 35.9 Å². The first-order valence-corrected chi connectivity index (χ1v) is 8.80. The molecule has 0 saturated carbocycles. The van der Waals surface area contributed by atoms with Crippen LogP contribution in [0.4, 0.5) is 0 Å². The maximum absolute atomic E-state index is 12.8. The lowest BCUT2D eigenvalue weighted by atomic mass is 9.92. The summed E-state index contributed by atoms with van der Waals surface area (Å²) in [6, 6.07) is 6.20. The van der Waals surface area contributed by atoms with Crippen LogP contribution in [0, 0.1) is 5.92 Å². The van der Waals surface area contributed by atoms with Gasteiger partial charge in [-0.1, -0.05) is 23.7 Å². The standard InChI is InChI=1S/C18H21ClN4O3/c1-23-15(18(25)26)8-14(16(23)11-3-2-4-12(19)7-11)17(24)21-6-5-13-9-20-10-22-13/h2-4,7,9-10,14-16H,5-6,8H2,1H3,(H,20,22)(H,21,24)(H,25,26)/t14-,15-,16-/m0/s1. The van der Waals surface area contributed by atoms with E-state index in [9.17, 15) is 14.7 Å². The van der Waals surface area contributed by atoms with Gasteiger partial charge in [0.2, 0.25) is 5.91 Å². The van der Waals surface area contributed by atoms with Gasteiger partial charge in [-0.05, 0) is 31.2 Å². The fourth-order valence-electron chi connectivity index (χ4n) is 3.57. The van der Waals surface area contributed by atoms with Gasteiger partial charge in [0.05, 0.1) is 12.2 Å². The van der Waals surface area contributed by atoms with Crippen molar-refractivity contribution < 1.29 is 14.7 Å². The number of nitrogens with one attached hydrogen (secondary N) is 2. The van der Waals surface area contributed by atoms with E-state index in [2.05, 4.69) is 15.3 Å². The summed E-state index contributed by atoms with van der Waals surface area (Å²) >= 11 is 6.09. The van der Waals surface area contributed by atoms with Crippen molar-refractivity contribution in [3.05, 3.63) is 53.1 Å². The predicted octanol–water partition coefficient (Wildman–Crippen LogP) is 1.87. The van der Waals surface area contributed by atoms with E-state index in [4.69, 9.17) is 11.6 Å². The van der Waals surface area contributed by atoms with E-state index in [0.29, 0.717) is 18.0 Å². The molecular formula is C18H21ClN4O3. The third-order valence-electron chi connectivity index (χ3n) is 4.85. The Kier molecular flexibility index (Phi) is 5.58. The molecule has 3 N–H and O–H groups in total. The van der Waals surface area contributed by atoms with Gasteiger partial charge < -0.3 is 15.4 Å². The van der Waals surface area contributed by atoms with Crippen LogP contribution in [0.5, 0.6) is 0 Å². The van der Waals surface area contributed by atoms with Gasteiger partial charge in [-0.2, -0.15) is 0 Å². The molecule has 7 nitrogen and oxygen atoms in total. The van der Waals surface area contributed by atoms with Crippen molar-refractivity contribution in [2.75, 3.05) is 13.6 Å². The number of rotatable bonds is 6. The smallest absolute Gasteiger partial charge is 0.320 e. The van der Waals surface area contributed by atoms with Crippen LogP contribution in [-0.4, -0.2) is 51.5 Å². The second-order valence-electron chi connectivity index (χ2n) is 6.48. The number of benzene rings is 1. The molecular weight excluding hydrogens is 356 g/mol. The summed E-state index contributed by atoms with van der Waals surface area (Å²) in [5.41, 5.74) is 1.78. The number of hydrogen-bond donors (Lipinski definition) is 3. The maximum atomic E-state index is 12.8. The van der Waals surface area contributed by atoms with Crippen LogP contribution < -0.4 is 5.32 Å². The number of carboxylic acid groups (broad SMARTS) is 1. The summed E-state index contributed by atoms with van der Waals surface area (Å²) in [5, 5.41) is 13.0. The first-order chi connectivity index (χ1) is 12.5. The molecule has 1 fully saturated rings. The Hall–Kier alpha value is -2.38. The minimum absolute atomic E-state index is 0.148. The van der Waals surface area contributed by atoms with E-state index in [0.717, 1.165) is 11.3 Å². The number of aromatic nitrogens is 2. The molecule has 0 unspecified atom stereocenters. The Labute approximate surface area is 156 Å². The molecule has 138 valence electrons. The molecule has 0 aliphatic carbocycles. The van der Waals surface area contributed by atoms with E-state index in [1.165, 1.54) is 0 Å². The number of halogens is 1. The highest BCUT2D eigenvalue weighted by Gasteiger charge is 2.46. The molecule has 1 saturated heterocycles. The molecule has 0 spiro atoms. The molecule has 8 heteroatoms. The topological polar surface area (TPSA) is 98.3 Å². The SMILES string of the molecule is CN1[C@H](C(=O)O)C[C@H](C(=O)NCCc2cnc[nH]2)[C@@H]1c1cccc(Cl)c1. The Balaban J connectivity index is 1.75. The second-order valence-corrected chi connectivity index (χ2v) is 6.92. The molecule has 0 bridgehead atoms. The summed E-state index contributed by atoms with van der Waals surface area (Å²) in [6.45, 7) is 0.460. The average molecular weight is 377 g/mol. The minimum atomic E-state index is -0.924. The molecule has 2 heterocycles. The van der Waals surface area contributed by atoms with Gasteiger partial charge in [-0.25, -0.2) is 4.98 Å². The Morgan fingerprint density at radius 1 is 1.46 bits per heavy atom. The van der Waals surface area contributed by atoms with Crippen molar-refractivity contribution in [1.29, 1.82) is 0 Å². The maximum Gasteiger partial charge on any atom is 0.320 e. The lowest BCUT2D eigenvalue weighted by Gasteiger charge is -2.26. The Morgan fingerprint density at radius 2 is 2.27 bits per heavy atom. The zero-order chi connectivity index (χ0) is 18.7. The monoisotopic (exact) mass is 376 g/mol. The van der Waals surface area contributed by atoms with Gasteiger partial charge >= 0.3 is 5.97 Å². The molecule has 2 aromatic rings. The number of nitrogens with zero attached hydrogens (tertiary/aromatic N) is 2. The molecule has 1 aromatic heterocycles. The van der Waals surface area contributed by atoms with Gasteiger partial charge in [0.25, 0.3) is 0 Å². The lowest BCUT2D eigenvalue weighted by Crippen LogP contribution is -2.36. The van der Waals surface area contributed by atoms with Crippen molar-refractivity contribution in [2.24, 2.45) is 5.92 Å². The Morgan fingerprint density at radius 3 is 2.92 bits per heavy atom. The van der Waals surface area contributed by atoms with E-state index in [1.54, 1.807) is 36.6 Å². The summed E-state index contributed by atoms with van der Waals surface area (Å²) in [5.74, 6) is -1.53. The van der Waals surface area contributed by atoms with Gasteiger partial charge in [-0.15, -0.1) is 0 Å². The summed E-state index contributed by atoms with van der Waals surface area (Å²) < 4.78 is 0. The molecule has 1 aliphatic heterocycles. The molecule has 26 heavy (non-hydrogen) atoms. The number of aliphatic carboxylic acids is 1. The number of imidazole rings is 1. The summed E-state index contributed by atoms with van der Waals surface area (Å²) in [7, 11) is 1.74. The zero-order valence-corrected chi connectivity index (χ0v) is 15.1. The van der Waals surface area contributed by atoms with Gasteiger partial charge in [0.1, 0.15) is 6.04 Å². The second kappa shape index (κ2) is 7.88. The highest BCUT2D eigenvalue weighted by molar-refractivity contribution is 6.30. The molecule has 1 aliphatic rings. The van der Waals surface area contributed by atoms with E-state index in [1.807, 2.05) is 12.1 Å². The zero-order valence-electron chi connectivity index (χ0n) is 14.4. The van der Waals surface area contributed by atoms with Crippen LogP contribution in [0.15, 0.2) is 36.8 Å². The number of H-pyrrole nitrogens is 1. The number of amides is 1. The summed E-state index contributed by atoms with van der Waals surface area (Å²) in [4.78, 5) is 33.0. The van der Waals surface area contributed by atoms with Crippen LogP contribution in [0.1, 0.15) is 23.7 Å². The van der Waals surface area contributed by atoms with Crippen LogP contribution in [0.2, 0.25) is 5.02 Å². The molecule has 0 radical (unpaired) electrons. The van der Waals surface area contributed by atoms with Crippen molar-refractivity contribution in [1.82, 2.24) is 20.2 Å². The van der Waals surface area contributed by atoms with E-state index in [-0.39, 0.29) is 18.4 Å². The number of likely N-dealkylation sites (tertiary alicyclic amines) is 1. The number of hydrogen-bond acceptors (Lipinski definition) is 4. The molecule has 1 aromatic carbocycles.